The molecule has 0 unspecified atom stereocenters. The Balaban J connectivity index is 1.74. The molecule has 3 nitrogen and oxygen atoms in total. The third kappa shape index (κ3) is 3.72. The third-order valence-corrected chi connectivity index (χ3v) is 4.97. The van der Waals surface area contributed by atoms with Crippen molar-refractivity contribution in [3.8, 4) is 22.8 Å². The molecule has 0 aliphatic carbocycles. The maximum absolute atomic E-state index is 6.19. The number of hydrogen-bond acceptors (Lipinski definition) is 3. The van der Waals surface area contributed by atoms with Crippen LogP contribution >= 0.6 is 34.8 Å². The van der Waals surface area contributed by atoms with E-state index in [1.165, 1.54) is 0 Å². The van der Waals surface area contributed by atoms with Crippen LogP contribution in [0.3, 0.4) is 0 Å². The summed E-state index contributed by atoms with van der Waals surface area (Å²) in [6.07, 6.45) is 1.72. The Morgan fingerprint density at radius 2 is 1.67 bits per heavy atom. The standard InChI is InChI=1S/C21H13Cl3N2O/c1-12-9-19(13-5-8-20(24)25-11-13)26-18-7-6-14(10-15(12)18)27-21-16(22)3-2-4-17(21)23/h2-11H,1H3. The number of rotatable bonds is 3. The molecule has 0 radical (unpaired) electrons. The monoisotopic (exact) mass is 414 g/mol. The molecule has 2 aromatic carbocycles. The van der Waals surface area contributed by atoms with Crippen LogP contribution in [0.5, 0.6) is 11.5 Å². The molecule has 134 valence electrons. The maximum atomic E-state index is 6.19. The van der Waals surface area contributed by atoms with Crippen LogP contribution in [0.2, 0.25) is 15.2 Å². The highest BCUT2D eigenvalue weighted by Crippen LogP contribution is 2.37. The largest absolute Gasteiger partial charge is 0.454 e. The van der Waals surface area contributed by atoms with Gasteiger partial charge in [0.25, 0.3) is 0 Å². The van der Waals surface area contributed by atoms with E-state index in [0.717, 1.165) is 27.7 Å². The van der Waals surface area contributed by atoms with Gasteiger partial charge in [-0.05, 0) is 61.0 Å². The fourth-order valence-electron chi connectivity index (χ4n) is 2.81. The normalized spacial score (nSPS) is 11.0. The van der Waals surface area contributed by atoms with Crippen molar-refractivity contribution >= 4 is 45.7 Å². The predicted octanol–water partition coefficient (Wildman–Crippen LogP) is 7.36. The van der Waals surface area contributed by atoms with Gasteiger partial charge in [0.15, 0.2) is 5.75 Å². The van der Waals surface area contributed by atoms with E-state index in [2.05, 4.69) is 4.98 Å². The molecule has 4 aromatic rings. The number of nitrogens with zero attached hydrogens (tertiary/aromatic N) is 2. The average molecular weight is 416 g/mol. The number of pyridine rings is 2. The fourth-order valence-corrected chi connectivity index (χ4v) is 3.40. The van der Waals surface area contributed by atoms with Gasteiger partial charge < -0.3 is 4.74 Å². The summed E-state index contributed by atoms with van der Waals surface area (Å²) in [5, 5.41) is 2.36. The van der Waals surface area contributed by atoms with E-state index in [1.54, 1.807) is 30.5 Å². The number of ether oxygens (including phenoxy) is 1. The lowest BCUT2D eigenvalue weighted by molar-refractivity contribution is 0.484. The van der Waals surface area contributed by atoms with Crippen LogP contribution in [0.25, 0.3) is 22.2 Å². The molecule has 0 saturated heterocycles. The highest BCUT2D eigenvalue weighted by atomic mass is 35.5. The van der Waals surface area contributed by atoms with Crippen LogP contribution in [0, 0.1) is 6.92 Å². The van der Waals surface area contributed by atoms with Gasteiger partial charge in [0.2, 0.25) is 0 Å². The molecule has 0 atom stereocenters. The summed E-state index contributed by atoms with van der Waals surface area (Å²) in [7, 11) is 0. The Labute approximate surface area is 171 Å². The molecule has 2 heterocycles. The molecule has 0 fully saturated rings. The number of aromatic nitrogens is 2. The van der Waals surface area contributed by atoms with Crippen LogP contribution in [-0.4, -0.2) is 9.97 Å². The molecule has 0 amide bonds. The smallest absolute Gasteiger partial charge is 0.164 e. The van der Waals surface area contributed by atoms with E-state index in [1.807, 2.05) is 37.3 Å². The highest BCUT2D eigenvalue weighted by Gasteiger charge is 2.11. The van der Waals surface area contributed by atoms with E-state index >= 15 is 0 Å². The predicted molar refractivity (Wildman–Crippen MR) is 111 cm³/mol. The Morgan fingerprint density at radius 1 is 0.889 bits per heavy atom. The molecule has 0 N–H and O–H groups in total. The molecule has 4 rings (SSSR count). The van der Waals surface area contributed by atoms with Gasteiger partial charge in [0.1, 0.15) is 10.9 Å². The van der Waals surface area contributed by atoms with Crippen molar-refractivity contribution in [2.24, 2.45) is 0 Å². The van der Waals surface area contributed by atoms with Gasteiger partial charge in [0.05, 0.1) is 21.3 Å². The van der Waals surface area contributed by atoms with Crippen molar-refractivity contribution < 1.29 is 4.74 Å². The van der Waals surface area contributed by atoms with E-state index < -0.39 is 0 Å². The first-order chi connectivity index (χ1) is 13.0. The second-order valence-corrected chi connectivity index (χ2v) is 7.23. The number of hydrogen-bond donors (Lipinski definition) is 0. The lowest BCUT2D eigenvalue weighted by atomic mass is 10.1. The summed E-state index contributed by atoms with van der Waals surface area (Å²) < 4.78 is 5.91. The Morgan fingerprint density at radius 3 is 2.37 bits per heavy atom. The van der Waals surface area contributed by atoms with Gasteiger partial charge in [-0.1, -0.05) is 40.9 Å². The molecule has 2 aromatic heterocycles. The SMILES string of the molecule is Cc1cc(-c2ccc(Cl)nc2)nc2ccc(Oc3c(Cl)cccc3Cl)cc12. The summed E-state index contributed by atoms with van der Waals surface area (Å²) in [4.78, 5) is 8.85. The zero-order valence-corrected chi connectivity index (χ0v) is 16.5. The third-order valence-electron chi connectivity index (χ3n) is 4.15. The molecule has 0 saturated carbocycles. The van der Waals surface area contributed by atoms with E-state index in [9.17, 15) is 0 Å². The van der Waals surface area contributed by atoms with E-state index in [-0.39, 0.29) is 0 Å². The van der Waals surface area contributed by atoms with Crippen molar-refractivity contribution in [3.63, 3.8) is 0 Å². The molecular weight excluding hydrogens is 403 g/mol. The Bertz CT molecular complexity index is 1120. The van der Waals surface area contributed by atoms with Crippen LogP contribution < -0.4 is 4.74 Å². The summed E-state index contributed by atoms with van der Waals surface area (Å²) in [6.45, 7) is 2.03. The van der Waals surface area contributed by atoms with Gasteiger partial charge in [-0.3, -0.25) is 0 Å². The van der Waals surface area contributed by atoms with Gasteiger partial charge in [-0.15, -0.1) is 0 Å². The molecule has 0 spiro atoms. The van der Waals surface area contributed by atoms with Gasteiger partial charge in [-0.2, -0.15) is 0 Å². The minimum Gasteiger partial charge on any atom is -0.454 e. The first-order valence-corrected chi connectivity index (χ1v) is 9.30. The van der Waals surface area contributed by atoms with Crippen LogP contribution in [0.4, 0.5) is 0 Å². The second-order valence-electron chi connectivity index (χ2n) is 6.03. The van der Waals surface area contributed by atoms with Gasteiger partial charge in [-0.25, -0.2) is 9.97 Å². The van der Waals surface area contributed by atoms with Gasteiger partial charge in [0, 0.05) is 17.1 Å². The average Bonchev–Trinajstić information content (AvgIpc) is 2.66. The number of halogens is 3. The lowest BCUT2D eigenvalue weighted by Gasteiger charge is -2.11. The van der Waals surface area contributed by atoms with Gasteiger partial charge >= 0.3 is 0 Å². The summed E-state index contributed by atoms with van der Waals surface area (Å²) in [5.74, 6) is 1.08. The van der Waals surface area contributed by atoms with Crippen LogP contribution in [0.15, 0.2) is 60.8 Å². The Hall–Kier alpha value is -2.33. The zero-order chi connectivity index (χ0) is 19.0. The van der Waals surface area contributed by atoms with Crippen LogP contribution in [-0.2, 0) is 0 Å². The summed E-state index contributed by atoms with van der Waals surface area (Å²) in [6, 6.07) is 16.6. The summed E-state index contributed by atoms with van der Waals surface area (Å²) >= 11 is 18.3. The number of para-hydroxylation sites is 1. The second kappa shape index (κ2) is 7.35. The van der Waals surface area contributed by atoms with Crippen molar-refractivity contribution in [1.82, 2.24) is 9.97 Å². The van der Waals surface area contributed by atoms with Crippen molar-refractivity contribution in [2.75, 3.05) is 0 Å². The topological polar surface area (TPSA) is 35.0 Å². The van der Waals surface area contributed by atoms with Crippen molar-refractivity contribution in [1.29, 1.82) is 0 Å². The molecule has 0 aliphatic rings. The summed E-state index contributed by atoms with van der Waals surface area (Å²) in [5.41, 5.74) is 3.68. The van der Waals surface area contributed by atoms with Crippen LogP contribution in [0.1, 0.15) is 5.56 Å². The molecule has 6 heteroatoms. The number of benzene rings is 2. The number of aryl methyl sites for hydroxylation is 1. The Kier molecular flexibility index (Phi) is 4.92. The van der Waals surface area contributed by atoms with E-state index in [4.69, 9.17) is 44.5 Å². The fraction of sp³-hybridized carbons (Fsp3) is 0.0476. The molecule has 0 bridgehead atoms. The minimum atomic E-state index is 0.439. The highest BCUT2D eigenvalue weighted by molar-refractivity contribution is 6.37. The molecule has 27 heavy (non-hydrogen) atoms. The first-order valence-electron chi connectivity index (χ1n) is 8.16. The molecule has 0 aliphatic heterocycles. The van der Waals surface area contributed by atoms with E-state index in [0.29, 0.717) is 26.7 Å². The maximum Gasteiger partial charge on any atom is 0.164 e. The quantitative estimate of drug-likeness (QED) is 0.328. The lowest BCUT2D eigenvalue weighted by Crippen LogP contribution is -1.92. The van der Waals surface area contributed by atoms with Crippen molar-refractivity contribution in [3.05, 3.63) is 81.6 Å². The first kappa shape index (κ1) is 18.1. The number of fused-ring (bicyclic) bond motifs is 1. The minimum absolute atomic E-state index is 0.439. The zero-order valence-electron chi connectivity index (χ0n) is 14.2. The van der Waals surface area contributed by atoms with Crippen molar-refractivity contribution in [2.45, 2.75) is 6.92 Å². The molecular formula is C21H13Cl3N2O.